The lowest BCUT2D eigenvalue weighted by atomic mass is 10.1. The zero-order chi connectivity index (χ0) is 10.1. The van der Waals surface area contributed by atoms with Crippen LogP contribution in [0.2, 0.25) is 0 Å². The number of hydrogen-bond donors (Lipinski definition) is 1. The van der Waals surface area contributed by atoms with Crippen LogP contribution in [0.25, 0.3) is 6.08 Å². The first-order chi connectivity index (χ1) is 7.43. The van der Waals surface area contributed by atoms with Crippen LogP contribution in [0, 0.1) is 0 Å². The smallest absolute Gasteiger partial charge is 0.0979 e. The molecule has 0 aromatic heterocycles. The van der Waals surface area contributed by atoms with E-state index < -0.39 is 0 Å². The van der Waals surface area contributed by atoms with E-state index in [1.165, 1.54) is 0 Å². The highest BCUT2D eigenvalue weighted by Crippen LogP contribution is 2.21. The van der Waals surface area contributed by atoms with Crippen molar-refractivity contribution >= 4 is 12.3 Å². The van der Waals surface area contributed by atoms with Crippen molar-refractivity contribution in [3.05, 3.63) is 65.1 Å². The predicted octanol–water partition coefficient (Wildman–Crippen LogP) is 2.34. The molecule has 0 unspecified atom stereocenters. The van der Waals surface area contributed by atoms with Gasteiger partial charge in [0.1, 0.15) is 0 Å². The molecule has 1 radical (unpaired) electrons. The van der Waals surface area contributed by atoms with Crippen molar-refractivity contribution in [1.82, 2.24) is 5.32 Å². The number of rotatable bonds is 0. The molecule has 2 heterocycles. The van der Waals surface area contributed by atoms with Gasteiger partial charge in [-0.2, -0.15) is 0 Å². The summed E-state index contributed by atoms with van der Waals surface area (Å²) in [6, 6.07) is 8.09. The summed E-state index contributed by atoms with van der Waals surface area (Å²) in [6.07, 6.45) is 11.0. The number of nitrogens with one attached hydrogen (secondary N) is 1. The lowest BCUT2D eigenvalue weighted by Crippen LogP contribution is -2.08. The Bertz CT molecular complexity index is 519. The van der Waals surface area contributed by atoms with Crippen molar-refractivity contribution in [3.63, 3.8) is 0 Å². The molecule has 0 fully saturated rings. The summed E-state index contributed by atoms with van der Waals surface area (Å²) in [5.74, 6) is 0. The Labute approximate surface area is 88.4 Å². The van der Waals surface area contributed by atoms with Crippen molar-refractivity contribution in [1.29, 1.82) is 0 Å². The van der Waals surface area contributed by atoms with Gasteiger partial charge in [0.05, 0.1) is 17.6 Å². The SMILES string of the molecule is [C]1=NC2=CC=CNC2=Cc2ccccc21. The van der Waals surface area contributed by atoms with Crippen LogP contribution in [-0.4, -0.2) is 6.21 Å². The molecule has 0 spiro atoms. The molecule has 2 heteroatoms. The molecule has 71 valence electrons. The summed E-state index contributed by atoms with van der Waals surface area (Å²) in [7, 11) is 0. The quantitative estimate of drug-likeness (QED) is 0.672. The lowest BCUT2D eigenvalue weighted by molar-refractivity contribution is 1.05. The first kappa shape index (κ1) is 8.24. The van der Waals surface area contributed by atoms with Gasteiger partial charge in [0.2, 0.25) is 0 Å². The first-order valence-electron chi connectivity index (χ1n) is 4.85. The monoisotopic (exact) mass is 193 g/mol. The van der Waals surface area contributed by atoms with Crippen molar-refractivity contribution in [3.8, 4) is 0 Å². The molecule has 15 heavy (non-hydrogen) atoms. The van der Waals surface area contributed by atoms with Gasteiger partial charge in [-0.05, 0) is 23.8 Å². The van der Waals surface area contributed by atoms with E-state index in [4.69, 9.17) is 0 Å². The van der Waals surface area contributed by atoms with Gasteiger partial charge in [-0.25, -0.2) is 4.99 Å². The van der Waals surface area contributed by atoms with Crippen molar-refractivity contribution in [2.45, 2.75) is 0 Å². The Morgan fingerprint density at radius 3 is 3.13 bits per heavy atom. The molecular weight excluding hydrogens is 184 g/mol. The fraction of sp³-hybridized carbons (Fsp3) is 0. The number of nitrogens with zero attached hydrogens (tertiary/aromatic N) is 1. The van der Waals surface area contributed by atoms with Crippen LogP contribution in [0.1, 0.15) is 11.1 Å². The molecule has 0 saturated heterocycles. The van der Waals surface area contributed by atoms with Crippen molar-refractivity contribution in [2.75, 3.05) is 0 Å². The number of allylic oxidation sites excluding steroid dienone is 2. The maximum absolute atomic E-state index is 4.32. The molecule has 1 aromatic rings. The maximum Gasteiger partial charge on any atom is 0.0979 e. The van der Waals surface area contributed by atoms with Crippen LogP contribution in [0.3, 0.4) is 0 Å². The minimum Gasteiger partial charge on any atom is -0.360 e. The van der Waals surface area contributed by atoms with E-state index in [0.29, 0.717) is 0 Å². The zero-order valence-electron chi connectivity index (χ0n) is 8.07. The molecule has 2 aliphatic heterocycles. The Kier molecular flexibility index (Phi) is 1.78. The largest absolute Gasteiger partial charge is 0.360 e. The van der Waals surface area contributed by atoms with Gasteiger partial charge in [-0.3, -0.25) is 0 Å². The average Bonchev–Trinajstić information content (AvgIpc) is 2.48. The number of dihydropyridines is 1. The van der Waals surface area contributed by atoms with Gasteiger partial charge in [-0.1, -0.05) is 24.3 Å². The summed E-state index contributed by atoms with van der Waals surface area (Å²) in [5.41, 5.74) is 4.12. The Balaban J connectivity index is 2.20. The Morgan fingerprint density at radius 1 is 1.20 bits per heavy atom. The number of benzene rings is 1. The van der Waals surface area contributed by atoms with Crippen LogP contribution < -0.4 is 5.32 Å². The van der Waals surface area contributed by atoms with Gasteiger partial charge in [0.15, 0.2) is 0 Å². The molecule has 0 saturated carbocycles. The summed E-state index contributed by atoms with van der Waals surface area (Å²) >= 11 is 0. The van der Waals surface area contributed by atoms with E-state index in [0.717, 1.165) is 22.5 Å². The zero-order valence-corrected chi connectivity index (χ0v) is 8.07. The summed E-state index contributed by atoms with van der Waals surface area (Å²) < 4.78 is 0. The number of fused-ring (bicyclic) bond motifs is 2. The Morgan fingerprint density at radius 2 is 2.13 bits per heavy atom. The fourth-order valence-electron chi connectivity index (χ4n) is 1.65. The lowest BCUT2D eigenvalue weighted by Gasteiger charge is -2.09. The summed E-state index contributed by atoms with van der Waals surface area (Å²) in [6.45, 7) is 0. The normalized spacial score (nSPS) is 16.8. The maximum atomic E-state index is 4.32. The van der Waals surface area contributed by atoms with Crippen LogP contribution >= 0.6 is 0 Å². The first-order valence-corrected chi connectivity index (χ1v) is 4.85. The molecule has 2 aliphatic rings. The predicted molar refractivity (Wildman–Crippen MR) is 61.3 cm³/mol. The highest BCUT2D eigenvalue weighted by atomic mass is 14.9. The van der Waals surface area contributed by atoms with Crippen LogP contribution in [0.15, 0.2) is 59.0 Å². The minimum atomic E-state index is 0.925. The van der Waals surface area contributed by atoms with Gasteiger partial charge < -0.3 is 5.32 Å². The number of hydrogen-bond acceptors (Lipinski definition) is 2. The van der Waals surface area contributed by atoms with Crippen LogP contribution in [0.5, 0.6) is 0 Å². The van der Waals surface area contributed by atoms with Crippen LogP contribution in [0.4, 0.5) is 0 Å². The molecule has 1 aromatic carbocycles. The summed E-state index contributed by atoms with van der Waals surface area (Å²) in [4.78, 5) is 4.32. The molecule has 0 atom stereocenters. The van der Waals surface area contributed by atoms with Crippen molar-refractivity contribution in [2.24, 2.45) is 4.99 Å². The minimum absolute atomic E-state index is 0.925. The number of aliphatic imine (C=N–C) groups is 1. The Hall–Kier alpha value is -2.09. The van der Waals surface area contributed by atoms with E-state index in [2.05, 4.69) is 28.7 Å². The van der Waals surface area contributed by atoms with Gasteiger partial charge in [-0.15, -0.1) is 0 Å². The third-order valence-electron chi connectivity index (χ3n) is 2.42. The van der Waals surface area contributed by atoms with Gasteiger partial charge in [0.25, 0.3) is 0 Å². The van der Waals surface area contributed by atoms with E-state index in [1.807, 2.05) is 36.6 Å². The average molecular weight is 193 g/mol. The van der Waals surface area contributed by atoms with E-state index in [-0.39, 0.29) is 0 Å². The van der Waals surface area contributed by atoms with E-state index >= 15 is 0 Å². The standard InChI is InChI=1S/C13H9N2/c1-2-5-11-9-15-12-6-3-7-14-13(12)8-10(11)4-1/h1-8,14H. The van der Waals surface area contributed by atoms with E-state index in [1.54, 1.807) is 0 Å². The molecule has 0 amide bonds. The van der Waals surface area contributed by atoms with Gasteiger partial charge in [0, 0.05) is 11.8 Å². The highest BCUT2D eigenvalue weighted by Gasteiger charge is 2.10. The second kappa shape index (κ2) is 3.24. The molecule has 2 nitrogen and oxygen atoms in total. The van der Waals surface area contributed by atoms with Crippen LogP contribution in [-0.2, 0) is 0 Å². The van der Waals surface area contributed by atoms with E-state index in [9.17, 15) is 0 Å². The molecule has 0 aliphatic carbocycles. The molecule has 0 bridgehead atoms. The second-order valence-corrected chi connectivity index (χ2v) is 3.42. The van der Waals surface area contributed by atoms with Gasteiger partial charge >= 0.3 is 0 Å². The molecular formula is C13H9N2. The fourth-order valence-corrected chi connectivity index (χ4v) is 1.65. The summed E-state index contributed by atoms with van der Waals surface area (Å²) in [5, 5.41) is 3.18. The molecule has 3 rings (SSSR count). The third-order valence-corrected chi connectivity index (χ3v) is 2.42. The topological polar surface area (TPSA) is 24.4 Å². The molecule has 1 N–H and O–H groups in total. The highest BCUT2D eigenvalue weighted by molar-refractivity contribution is 5.89. The second-order valence-electron chi connectivity index (χ2n) is 3.42. The third kappa shape index (κ3) is 1.40. The van der Waals surface area contributed by atoms with Crippen molar-refractivity contribution < 1.29 is 0 Å².